The lowest BCUT2D eigenvalue weighted by Crippen LogP contribution is -2.35. The molecule has 0 saturated heterocycles. The molecule has 0 atom stereocenters. The fourth-order valence-electron chi connectivity index (χ4n) is 4.11. The Morgan fingerprint density at radius 2 is 1.54 bits per heavy atom. The maximum absolute atomic E-state index is 12.8. The number of ether oxygens (including phenoxy) is 4. The number of hydrogen-bond donors (Lipinski definition) is 2. The van der Waals surface area contributed by atoms with Gasteiger partial charge in [0, 0.05) is 11.1 Å². The first-order valence-electron chi connectivity index (χ1n) is 12.5. The molecule has 2 N–H and O–H groups in total. The lowest BCUT2D eigenvalue weighted by molar-refractivity contribution is -0.120. The third-order valence-corrected chi connectivity index (χ3v) is 6.11. The van der Waals surface area contributed by atoms with Gasteiger partial charge in [0.25, 0.3) is 11.8 Å². The van der Waals surface area contributed by atoms with Crippen molar-refractivity contribution in [2.24, 2.45) is 5.10 Å². The van der Waals surface area contributed by atoms with Crippen molar-refractivity contribution in [3.8, 4) is 23.0 Å². The van der Waals surface area contributed by atoms with E-state index < -0.39 is 17.8 Å². The largest absolute Gasteiger partial charge is 0.493 e. The second-order valence-electron chi connectivity index (χ2n) is 8.85. The van der Waals surface area contributed by atoms with Gasteiger partial charge < -0.3 is 24.3 Å². The number of amides is 2. The minimum absolute atomic E-state index is 0.214. The zero-order valence-corrected chi connectivity index (χ0v) is 23.0. The average Bonchev–Trinajstić information content (AvgIpc) is 2.99. The van der Waals surface area contributed by atoms with E-state index in [1.807, 2.05) is 43.3 Å². The van der Waals surface area contributed by atoms with Crippen molar-refractivity contribution in [2.45, 2.75) is 6.92 Å². The summed E-state index contributed by atoms with van der Waals surface area (Å²) in [6, 6.07) is 21.1. The van der Waals surface area contributed by atoms with E-state index in [9.17, 15) is 14.4 Å². The Kier molecular flexibility index (Phi) is 9.16. The van der Waals surface area contributed by atoms with Gasteiger partial charge in [0.15, 0.2) is 11.5 Å². The summed E-state index contributed by atoms with van der Waals surface area (Å²) in [6.07, 6.45) is 1.40. The number of hydrogen-bond acceptors (Lipinski definition) is 8. The minimum atomic E-state index is -0.569. The number of carbonyl (C=O) groups is 3. The molecule has 0 unspecified atom stereocenters. The van der Waals surface area contributed by atoms with Gasteiger partial charge in [0.1, 0.15) is 5.75 Å². The Labute approximate surface area is 236 Å². The van der Waals surface area contributed by atoms with E-state index in [0.717, 1.165) is 16.3 Å². The molecule has 0 spiro atoms. The number of nitrogens with zero attached hydrogens (tertiary/aromatic N) is 1. The lowest BCUT2D eigenvalue weighted by Gasteiger charge is -2.14. The number of nitrogens with one attached hydrogen (secondary N) is 2. The number of rotatable bonds is 10. The van der Waals surface area contributed by atoms with Crippen molar-refractivity contribution in [1.82, 2.24) is 10.7 Å². The molecule has 10 heteroatoms. The summed E-state index contributed by atoms with van der Waals surface area (Å²) < 4.78 is 21.5. The van der Waals surface area contributed by atoms with E-state index in [0.29, 0.717) is 28.4 Å². The fraction of sp³-hybridized carbons (Fsp3) is 0.161. The number of methoxy groups -OCH3 is 3. The van der Waals surface area contributed by atoms with Crippen molar-refractivity contribution in [1.29, 1.82) is 0 Å². The molecule has 0 aromatic heterocycles. The Bertz CT molecular complexity index is 1610. The summed E-state index contributed by atoms with van der Waals surface area (Å²) in [5.74, 6) is -0.375. The van der Waals surface area contributed by atoms with Crippen LogP contribution in [0.1, 0.15) is 31.8 Å². The molecule has 4 aromatic rings. The number of benzene rings is 4. The zero-order valence-electron chi connectivity index (χ0n) is 23.0. The molecule has 0 fully saturated rings. The predicted molar refractivity (Wildman–Crippen MR) is 154 cm³/mol. The molecule has 0 aliphatic rings. The summed E-state index contributed by atoms with van der Waals surface area (Å²) in [7, 11) is 4.34. The molecule has 0 radical (unpaired) electrons. The number of aryl methyl sites for hydroxylation is 1. The van der Waals surface area contributed by atoms with E-state index in [1.54, 1.807) is 24.3 Å². The first kappa shape index (κ1) is 28.6. The summed E-state index contributed by atoms with van der Waals surface area (Å²) in [5, 5.41) is 8.25. The fourth-order valence-corrected chi connectivity index (χ4v) is 4.11. The molecule has 210 valence electrons. The Balaban J connectivity index is 1.46. The van der Waals surface area contributed by atoms with Crippen molar-refractivity contribution in [3.63, 3.8) is 0 Å². The average molecular weight is 556 g/mol. The summed E-state index contributed by atoms with van der Waals surface area (Å²) >= 11 is 0. The normalized spacial score (nSPS) is 10.7. The van der Waals surface area contributed by atoms with Gasteiger partial charge in [0.2, 0.25) is 5.75 Å². The maximum Gasteiger partial charge on any atom is 0.343 e. The first-order valence-corrected chi connectivity index (χ1v) is 12.5. The highest BCUT2D eigenvalue weighted by molar-refractivity contribution is 6.04. The van der Waals surface area contributed by atoms with Gasteiger partial charge in [-0.1, -0.05) is 48.0 Å². The van der Waals surface area contributed by atoms with E-state index in [2.05, 4.69) is 15.8 Å². The highest BCUT2D eigenvalue weighted by atomic mass is 16.5. The van der Waals surface area contributed by atoms with Crippen LogP contribution in [0, 0.1) is 6.92 Å². The number of esters is 1. The van der Waals surface area contributed by atoms with Crippen LogP contribution >= 0.6 is 0 Å². The van der Waals surface area contributed by atoms with Crippen molar-refractivity contribution in [2.75, 3.05) is 27.9 Å². The molecule has 0 aliphatic carbocycles. The van der Waals surface area contributed by atoms with Crippen LogP contribution in [-0.4, -0.2) is 51.9 Å². The number of carbonyl (C=O) groups excluding carboxylic acids is 3. The summed E-state index contributed by atoms with van der Waals surface area (Å²) in [4.78, 5) is 38.0. The lowest BCUT2D eigenvalue weighted by atomic mass is 10.0. The molecular formula is C31H29N3O7. The van der Waals surface area contributed by atoms with E-state index in [4.69, 9.17) is 18.9 Å². The van der Waals surface area contributed by atoms with Crippen LogP contribution in [0.5, 0.6) is 23.0 Å². The highest BCUT2D eigenvalue weighted by Gasteiger charge is 2.18. The smallest absolute Gasteiger partial charge is 0.343 e. The molecule has 4 rings (SSSR count). The molecule has 4 aromatic carbocycles. The van der Waals surface area contributed by atoms with Crippen molar-refractivity contribution >= 4 is 34.8 Å². The van der Waals surface area contributed by atoms with Crippen LogP contribution in [-0.2, 0) is 4.79 Å². The zero-order chi connectivity index (χ0) is 29.4. The molecule has 2 amide bonds. The maximum atomic E-state index is 12.8. The summed E-state index contributed by atoms with van der Waals surface area (Å²) in [6.45, 7) is 1.54. The Morgan fingerprint density at radius 3 is 2.22 bits per heavy atom. The van der Waals surface area contributed by atoms with Crippen molar-refractivity contribution in [3.05, 3.63) is 95.1 Å². The van der Waals surface area contributed by atoms with Gasteiger partial charge in [-0.25, -0.2) is 10.2 Å². The van der Waals surface area contributed by atoms with E-state index in [1.165, 1.54) is 39.7 Å². The predicted octanol–water partition coefficient (Wildman–Crippen LogP) is 4.27. The van der Waals surface area contributed by atoms with Gasteiger partial charge in [-0.2, -0.15) is 5.10 Å². The molecule has 0 saturated carbocycles. The minimum Gasteiger partial charge on any atom is -0.493 e. The second kappa shape index (κ2) is 13.1. The first-order chi connectivity index (χ1) is 19.8. The molecular weight excluding hydrogens is 526 g/mol. The van der Waals surface area contributed by atoms with Crippen molar-refractivity contribution < 1.29 is 33.3 Å². The van der Waals surface area contributed by atoms with Crippen LogP contribution < -0.4 is 29.7 Å². The Morgan fingerprint density at radius 1 is 0.805 bits per heavy atom. The molecule has 0 heterocycles. The van der Waals surface area contributed by atoms with Crippen LogP contribution in [0.25, 0.3) is 10.8 Å². The number of fused-ring (bicyclic) bond motifs is 1. The van der Waals surface area contributed by atoms with Gasteiger partial charge in [-0.3, -0.25) is 9.59 Å². The molecule has 0 aliphatic heterocycles. The van der Waals surface area contributed by atoms with Crippen LogP contribution in [0.4, 0.5) is 0 Å². The van der Waals surface area contributed by atoms with E-state index in [-0.39, 0.29) is 17.9 Å². The SMILES string of the molecule is COc1cc(C(=O)NCC(=O)N/N=C\c2c(OC(=O)c3cccc(C)c3)ccc3ccccc23)cc(OC)c1OC. The second-order valence-corrected chi connectivity index (χ2v) is 8.85. The third-order valence-electron chi connectivity index (χ3n) is 6.11. The van der Waals surface area contributed by atoms with E-state index >= 15 is 0 Å². The van der Waals surface area contributed by atoms with Gasteiger partial charge >= 0.3 is 5.97 Å². The molecule has 10 nitrogen and oxygen atoms in total. The molecule has 41 heavy (non-hydrogen) atoms. The van der Waals surface area contributed by atoms with Gasteiger partial charge in [-0.15, -0.1) is 0 Å². The van der Waals surface area contributed by atoms with Crippen LogP contribution in [0.15, 0.2) is 77.9 Å². The highest BCUT2D eigenvalue weighted by Crippen LogP contribution is 2.38. The number of hydrazone groups is 1. The monoisotopic (exact) mass is 555 g/mol. The van der Waals surface area contributed by atoms with Gasteiger partial charge in [-0.05, 0) is 48.0 Å². The quantitative estimate of drug-likeness (QED) is 0.130. The van der Waals surface area contributed by atoms with Crippen LogP contribution in [0.3, 0.4) is 0 Å². The third kappa shape index (κ3) is 6.80. The molecule has 0 bridgehead atoms. The topological polar surface area (TPSA) is 125 Å². The van der Waals surface area contributed by atoms with Gasteiger partial charge in [0.05, 0.1) is 39.7 Å². The Hall–Kier alpha value is -5.38. The van der Waals surface area contributed by atoms with Crippen LogP contribution in [0.2, 0.25) is 0 Å². The summed E-state index contributed by atoms with van der Waals surface area (Å²) in [5.41, 5.74) is 4.46. The standard InChI is InChI=1S/C31H29N3O7/c1-19-8-7-10-21(14-19)31(37)41-25-13-12-20-9-5-6-11-23(20)24(25)17-33-34-28(35)18-32-30(36)22-15-26(38-2)29(40-4)27(16-22)39-3/h5-17H,18H2,1-4H3,(H,32,36)(H,34,35)/b33-17-.